The molecule has 17 heavy (non-hydrogen) atoms. The fourth-order valence-electron chi connectivity index (χ4n) is 1.48. The van der Waals surface area contributed by atoms with E-state index in [1.807, 2.05) is 0 Å². The van der Waals surface area contributed by atoms with E-state index in [4.69, 9.17) is 15.3 Å². The summed E-state index contributed by atoms with van der Waals surface area (Å²) in [6.45, 7) is 0. The van der Waals surface area contributed by atoms with Gasteiger partial charge in [0.2, 0.25) is 0 Å². The molecule has 0 bridgehead atoms. The third-order valence-electron chi connectivity index (χ3n) is 2.33. The summed E-state index contributed by atoms with van der Waals surface area (Å²) < 4.78 is 1.22. The maximum Gasteiger partial charge on any atom is 0.305 e. The minimum absolute atomic E-state index is 0.180. The first-order chi connectivity index (χ1) is 7.98. The van der Waals surface area contributed by atoms with E-state index in [9.17, 15) is 4.79 Å². The average molecular weight is 233 g/mol. The molecule has 88 valence electrons. The summed E-state index contributed by atoms with van der Waals surface area (Å²) in [4.78, 5) is 11.6. The summed E-state index contributed by atoms with van der Waals surface area (Å²) in [6, 6.07) is 11.0. The molecular weight excluding hydrogens is 222 g/mol. The lowest BCUT2D eigenvalue weighted by Crippen LogP contribution is -2.27. The second-order valence-electron chi connectivity index (χ2n) is 3.60. The smallest absolute Gasteiger partial charge is 0.305 e. The van der Waals surface area contributed by atoms with Crippen LogP contribution in [0.3, 0.4) is 0 Å². The quantitative estimate of drug-likeness (QED) is 0.634. The molecule has 2 rings (SSSR count). The van der Waals surface area contributed by atoms with Crippen molar-refractivity contribution < 1.29 is 15.3 Å². The van der Waals surface area contributed by atoms with E-state index in [2.05, 4.69) is 0 Å². The van der Waals surface area contributed by atoms with Gasteiger partial charge in [0.15, 0.2) is 0 Å². The molecule has 0 fully saturated rings. The van der Waals surface area contributed by atoms with Crippen LogP contribution in [0.15, 0.2) is 53.5 Å². The Kier molecular flexibility index (Phi) is 2.81. The van der Waals surface area contributed by atoms with Crippen molar-refractivity contribution in [1.29, 1.82) is 0 Å². The third kappa shape index (κ3) is 2.42. The fourth-order valence-corrected chi connectivity index (χ4v) is 1.48. The van der Waals surface area contributed by atoms with Gasteiger partial charge >= 0.3 is 5.97 Å². The molecule has 1 heterocycles. The Morgan fingerprint density at radius 2 is 1.59 bits per heavy atom. The summed E-state index contributed by atoms with van der Waals surface area (Å²) >= 11 is 0. The Hall–Kier alpha value is -1.95. The number of para-hydroxylation sites is 1. The van der Waals surface area contributed by atoms with E-state index in [1.165, 1.54) is 10.8 Å². The lowest BCUT2D eigenvalue weighted by molar-refractivity contribution is -0.324. The molecule has 1 aromatic heterocycles. The third-order valence-corrected chi connectivity index (χ3v) is 2.33. The number of hydrogen-bond donors (Lipinski definition) is 3. The molecule has 5 heteroatoms. The second kappa shape index (κ2) is 4.14. The van der Waals surface area contributed by atoms with Gasteiger partial charge in [0.1, 0.15) is 0 Å². The molecule has 2 aromatic rings. The Morgan fingerprint density at radius 3 is 2.18 bits per heavy atom. The molecule has 3 N–H and O–H groups in total. The highest BCUT2D eigenvalue weighted by atomic mass is 16.7. The molecular formula is C12H11NO4. The van der Waals surface area contributed by atoms with Gasteiger partial charge in [-0.2, -0.15) is 0 Å². The molecule has 0 saturated heterocycles. The summed E-state index contributed by atoms with van der Waals surface area (Å²) in [6.07, 6.45) is 1.18. The number of nitrogens with zero attached hydrogens (tertiary/aromatic N) is 1. The monoisotopic (exact) mass is 233 g/mol. The maximum atomic E-state index is 11.6. The predicted molar refractivity (Wildman–Crippen MR) is 60.4 cm³/mol. The molecule has 0 saturated carbocycles. The highest BCUT2D eigenvalue weighted by molar-refractivity contribution is 5.33. The van der Waals surface area contributed by atoms with Gasteiger partial charge in [-0.15, -0.1) is 0 Å². The Bertz CT molecular complexity index is 569. The highest BCUT2D eigenvalue weighted by Gasteiger charge is 2.22. The van der Waals surface area contributed by atoms with Crippen LogP contribution in [0.4, 0.5) is 0 Å². The number of benzene rings is 1. The van der Waals surface area contributed by atoms with E-state index < -0.39 is 5.97 Å². The van der Waals surface area contributed by atoms with Crippen molar-refractivity contribution in [3.63, 3.8) is 0 Å². The summed E-state index contributed by atoms with van der Waals surface area (Å²) in [7, 11) is 0. The zero-order chi connectivity index (χ0) is 12.5. The van der Waals surface area contributed by atoms with Crippen molar-refractivity contribution in [1.82, 2.24) is 4.57 Å². The van der Waals surface area contributed by atoms with E-state index in [0.29, 0.717) is 5.69 Å². The highest BCUT2D eigenvalue weighted by Crippen LogP contribution is 2.14. The number of rotatable bonds is 2. The van der Waals surface area contributed by atoms with E-state index >= 15 is 0 Å². The summed E-state index contributed by atoms with van der Waals surface area (Å²) in [5.41, 5.74) is 0.0637. The number of hydrogen-bond acceptors (Lipinski definition) is 4. The molecule has 1 aromatic carbocycles. The molecule has 0 unspecified atom stereocenters. The molecule has 0 radical (unpaired) electrons. The SMILES string of the molecule is O=c1ccc(C(O)(O)O)cn1-c1ccccc1. The molecule has 0 spiro atoms. The van der Waals surface area contributed by atoms with E-state index in [1.54, 1.807) is 30.3 Å². The number of aliphatic hydroxyl groups is 3. The number of aromatic nitrogens is 1. The Balaban J connectivity index is 2.59. The van der Waals surface area contributed by atoms with Gasteiger partial charge in [-0.3, -0.25) is 9.36 Å². The Labute approximate surface area is 96.8 Å². The van der Waals surface area contributed by atoms with Gasteiger partial charge in [-0.25, -0.2) is 0 Å². The fraction of sp³-hybridized carbons (Fsp3) is 0.0833. The van der Waals surface area contributed by atoms with Crippen molar-refractivity contribution in [2.45, 2.75) is 5.97 Å². The first kappa shape index (κ1) is 11.5. The van der Waals surface area contributed by atoms with Crippen LogP contribution in [-0.4, -0.2) is 19.9 Å². The second-order valence-corrected chi connectivity index (χ2v) is 3.60. The summed E-state index contributed by atoms with van der Waals surface area (Å²) in [5.74, 6) is -2.95. The summed E-state index contributed by atoms with van der Waals surface area (Å²) in [5, 5.41) is 27.1. The van der Waals surface area contributed by atoms with Gasteiger partial charge < -0.3 is 15.3 Å². The lowest BCUT2D eigenvalue weighted by Gasteiger charge is -2.15. The molecule has 0 amide bonds. The minimum Gasteiger partial charge on any atom is -0.340 e. The molecule has 0 aliphatic carbocycles. The van der Waals surface area contributed by atoms with Crippen LogP contribution in [0.5, 0.6) is 0 Å². The average Bonchev–Trinajstić information content (AvgIpc) is 2.29. The van der Waals surface area contributed by atoms with Crippen LogP contribution >= 0.6 is 0 Å². The topological polar surface area (TPSA) is 82.7 Å². The van der Waals surface area contributed by atoms with Gasteiger partial charge in [0, 0.05) is 18.0 Å². The first-order valence-corrected chi connectivity index (χ1v) is 4.94. The van der Waals surface area contributed by atoms with Gasteiger partial charge in [-0.1, -0.05) is 18.2 Å². The molecule has 0 atom stereocenters. The Morgan fingerprint density at radius 1 is 0.941 bits per heavy atom. The van der Waals surface area contributed by atoms with Gasteiger partial charge in [-0.05, 0) is 18.2 Å². The van der Waals surface area contributed by atoms with Crippen molar-refractivity contribution in [3.05, 3.63) is 64.6 Å². The van der Waals surface area contributed by atoms with Crippen LogP contribution in [0.25, 0.3) is 5.69 Å². The van der Waals surface area contributed by atoms with Crippen LogP contribution in [0.1, 0.15) is 5.56 Å². The minimum atomic E-state index is -2.95. The largest absolute Gasteiger partial charge is 0.340 e. The molecule has 0 aliphatic heterocycles. The zero-order valence-electron chi connectivity index (χ0n) is 8.82. The molecule has 0 aliphatic rings. The van der Waals surface area contributed by atoms with Crippen molar-refractivity contribution >= 4 is 0 Å². The van der Waals surface area contributed by atoms with E-state index in [0.717, 1.165) is 12.1 Å². The van der Waals surface area contributed by atoms with Crippen molar-refractivity contribution in [2.75, 3.05) is 0 Å². The normalized spacial score (nSPS) is 11.5. The van der Waals surface area contributed by atoms with E-state index in [-0.39, 0.29) is 11.1 Å². The van der Waals surface area contributed by atoms with Crippen molar-refractivity contribution in [3.8, 4) is 5.69 Å². The van der Waals surface area contributed by atoms with Crippen molar-refractivity contribution in [2.24, 2.45) is 0 Å². The zero-order valence-corrected chi connectivity index (χ0v) is 8.82. The van der Waals surface area contributed by atoms with Crippen LogP contribution in [-0.2, 0) is 5.97 Å². The number of pyridine rings is 1. The van der Waals surface area contributed by atoms with Crippen LogP contribution < -0.4 is 5.56 Å². The first-order valence-electron chi connectivity index (χ1n) is 4.94. The van der Waals surface area contributed by atoms with Crippen LogP contribution in [0.2, 0.25) is 0 Å². The lowest BCUT2D eigenvalue weighted by atomic mass is 10.2. The van der Waals surface area contributed by atoms with Gasteiger partial charge in [0.25, 0.3) is 5.56 Å². The standard InChI is InChI=1S/C12H11NO4/c14-11-7-6-9(12(15,16)17)8-13(11)10-4-2-1-3-5-10/h1-8,15-17H. The van der Waals surface area contributed by atoms with Gasteiger partial charge in [0.05, 0.1) is 5.56 Å². The van der Waals surface area contributed by atoms with Crippen LogP contribution in [0, 0.1) is 0 Å². The molecule has 5 nitrogen and oxygen atoms in total. The predicted octanol–water partition coefficient (Wildman–Crippen LogP) is -0.0753. The maximum absolute atomic E-state index is 11.6.